The second-order valence-corrected chi connectivity index (χ2v) is 11.0. The number of fused-ring (bicyclic) bond motifs is 2. The smallest absolute Gasteiger partial charge is 0.193 e. The minimum Gasteiger partial charge on any atom is -0.504 e. The van der Waals surface area contributed by atoms with Crippen molar-refractivity contribution in [3.8, 4) is 17.2 Å². The van der Waals surface area contributed by atoms with Crippen LogP contribution in [0.15, 0.2) is 97.3 Å². The van der Waals surface area contributed by atoms with Crippen LogP contribution in [-0.4, -0.2) is 39.7 Å². The predicted octanol–water partition coefficient (Wildman–Crippen LogP) is 3.92. The van der Waals surface area contributed by atoms with Crippen LogP contribution in [0.4, 0.5) is 0 Å². The summed E-state index contributed by atoms with van der Waals surface area (Å²) in [6, 6.07) is 22.3. The first kappa shape index (κ1) is 30.1. The van der Waals surface area contributed by atoms with Crippen molar-refractivity contribution in [2.75, 3.05) is 7.11 Å². The highest BCUT2D eigenvalue weighted by atomic mass is 16.5. The van der Waals surface area contributed by atoms with Gasteiger partial charge in [-0.2, -0.15) is 0 Å². The van der Waals surface area contributed by atoms with Crippen LogP contribution in [0.5, 0.6) is 17.2 Å². The van der Waals surface area contributed by atoms with Crippen LogP contribution in [-0.2, 0) is 25.7 Å². The molecule has 1 aliphatic carbocycles. The molecule has 10 nitrogen and oxygen atoms in total. The van der Waals surface area contributed by atoms with Gasteiger partial charge in [-0.15, -0.1) is 0 Å². The number of aromatic hydroxyl groups is 1. The normalized spacial score (nSPS) is 19.3. The number of aliphatic hydroxyl groups excluding tert-OH is 3. The summed E-state index contributed by atoms with van der Waals surface area (Å²) >= 11 is 0. The molecule has 4 atom stereocenters. The molecular weight excluding hydrogens is 580 g/mol. The molecule has 0 amide bonds. The van der Waals surface area contributed by atoms with Crippen molar-refractivity contribution in [3.05, 3.63) is 133 Å². The first-order valence-corrected chi connectivity index (χ1v) is 14.6. The Morgan fingerprint density at radius 1 is 0.733 bits per heavy atom. The average Bonchev–Trinajstić information content (AvgIpc) is 3.04. The molecule has 4 N–H and O–H groups in total. The van der Waals surface area contributed by atoms with Crippen molar-refractivity contribution in [2.24, 2.45) is 0 Å². The van der Waals surface area contributed by atoms with Gasteiger partial charge in [0.15, 0.2) is 34.2 Å². The number of benzene rings is 3. The molecule has 0 fully saturated rings. The summed E-state index contributed by atoms with van der Waals surface area (Å²) in [4.78, 5) is 26.0. The third kappa shape index (κ3) is 6.21. The molecule has 232 valence electrons. The van der Waals surface area contributed by atoms with Crippen LogP contribution in [0.2, 0.25) is 0 Å². The molecule has 2 aromatic heterocycles. The maximum atomic E-state index is 13.1. The van der Waals surface area contributed by atoms with Crippen molar-refractivity contribution in [1.29, 1.82) is 0 Å². The molecule has 0 saturated heterocycles. The van der Waals surface area contributed by atoms with Crippen LogP contribution < -0.4 is 20.3 Å². The molecule has 3 aromatic carbocycles. The van der Waals surface area contributed by atoms with Gasteiger partial charge in [0, 0.05) is 31.0 Å². The van der Waals surface area contributed by atoms with Crippen LogP contribution in [0, 0.1) is 0 Å². The van der Waals surface area contributed by atoms with Crippen LogP contribution in [0.25, 0.3) is 11.0 Å². The number of methoxy groups -OCH3 is 1. The summed E-state index contributed by atoms with van der Waals surface area (Å²) in [5, 5.41) is 43.1. The molecule has 0 radical (unpaired) electrons. The fourth-order valence-corrected chi connectivity index (χ4v) is 5.56. The van der Waals surface area contributed by atoms with E-state index in [1.165, 1.54) is 24.3 Å². The van der Waals surface area contributed by atoms with E-state index in [4.69, 9.17) is 18.3 Å². The Morgan fingerprint density at radius 3 is 2.07 bits per heavy atom. The van der Waals surface area contributed by atoms with Gasteiger partial charge in [0.25, 0.3) is 0 Å². The largest absolute Gasteiger partial charge is 0.504 e. The maximum Gasteiger partial charge on any atom is 0.193 e. The molecule has 6 rings (SSSR count). The second kappa shape index (κ2) is 12.6. The molecule has 0 spiro atoms. The van der Waals surface area contributed by atoms with Crippen molar-refractivity contribution < 1.29 is 38.7 Å². The van der Waals surface area contributed by atoms with Gasteiger partial charge in [0.05, 0.1) is 18.1 Å². The first-order valence-electron chi connectivity index (χ1n) is 14.6. The van der Waals surface area contributed by atoms with E-state index >= 15 is 0 Å². The van der Waals surface area contributed by atoms with Crippen molar-refractivity contribution in [2.45, 2.75) is 50.1 Å². The number of phenolic OH excluding ortho intramolecular Hbond substituents is 1. The third-order valence-corrected chi connectivity index (χ3v) is 8.04. The molecule has 0 saturated carbocycles. The van der Waals surface area contributed by atoms with E-state index in [1.807, 2.05) is 54.6 Å². The average molecular weight is 613 g/mol. The van der Waals surface area contributed by atoms with Gasteiger partial charge in [-0.05, 0) is 42.2 Å². The lowest BCUT2D eigenvalue weighted by Crippen LogP contribution is -2.45. The van der Waals surface area contributed by atoms with E-state index in [0.717, 1.165) is 16.9 Å². The highest BCUT2D eigenvalue weighted by Gasteiger charge is 2.46. The molecule has 0 bridgehead atoms. The molecule has 5 aromatic rings. The highest BCUT2D eigenvalue weighted by Crippen LogP contribution is 2.41. The summed E-state index contributed by atoms with van der Waals surface area (Å²) in [5.41, 5.74) is 0.980. The minimum absolute atomic E-state index is 0.114. The Kier molecular flexibility index (Phi) is 8.44. The van der Waals surface area contributed by atoms with Crippen LogP contribution in [0.3, 0.4) is 0 Å². The predicted molar refractivity (Wildman–Crippen MR) is 164 cm³/mol. The Bertz CT molecular complexity index is 1930. The van der Waals surface area contributed by atoms with Gasteiger partial charge >= 0.3 is 0 Å². The lowest BCUT2D eigenvalue weighted by atomic mass is 9.87. The van der Waals surface area contributed by atoms with Gasteiger partial charge in [0.1, 0.15) is 41.2 Å². The summed E-state index contributed by atoms with van der Waals surface area (Å²) in [5.74, 6) is 0.660. The number of aliphatic hydroxyl groups is 3. The maximum absolute atomic E-state index is 13.1. The van der Waals surface area contributed by atoms with E-state index in [-0.39, 0.29) is 33.5 Å². The zero-order chi connectivity index (χ0) is 31.7. The van der Waals surface area contributed by atoms with E-state index in [1.54, 1.807) is 7.11 Å². The highest BCUT2D eigenvalue weighted by molar-refractivity contribution is 5.80. The van der Waals surface area contributed by atoms with Crippen molar-refractivity contribution in [1.82, 2.24) is 0 Å². The summed E-state index contributed by atoms with van der Waals surface area (Å²) in [7, 11) is 1.59. The Hall–Kier alpha value is -4.90. The topological polar surface area (TPSA) is 160 Å². The zero-order valence-electron chi connectivity index (χ0n) is 24.4. The van der Waals surface area contributed by atoms with Gasteiger partial charge in [-0.25, -0.2) is 0 Å². The molecule has 10 heteroatoms. The fraction of sp³-hybridized carbons (Fsp3) is 0.257. The number of phenols is 1. The Morgan fingerprint density at radius 2 is 1.38 bits per heavy atom. The Labute approximate surface area is 257 Å². The number of hydrogen-bond donors (Lipinski definition) is 4. The fourth-order valence-electron chi connectivity index (χ4n) is 5.56. The standard InChI is InChI=1S/C35H32O10/c1-42-21-11-7-20(8-12-21)10-13-22-15-25(36)24-17-26(37)29(18-28(24)43-22)45-35-33(41)32(40)31(39)30-27(38)16-23(44-34(30)35)14-9-19-5-3-2-4-6-19/h2-8,11-12,15-18,31-33,35,37,39-41H,9-10,13-14H2,1H3/t31-,32+,33+,35-/m0/s1. The van der Waals surface area contributed by atoms with Gasteiger partial charge < -0.3 is 38.7 Å². The minimum atomic E-state index is -1.77. The van der Waals surface area contributed by atoms with Crippen LogP contribution in [0.1, 0.15) is 46.2 Å². The number of hydrogen-bond acceptors (Lipinski definition) is 10. The molecule has 2 heterocycles. The molecule has 0 aliphatic heterocycles. The Balaban J connectivity index is 1.31. The second-order valence-electron chi connectivity index (χ2n) is 11.0. The molecule has 1 aliphatic rings. The van der Waals surface area contributed by atoms with E-state index in [0.29, 0.717) is 37.2 Å². The van der Waals surface area contributed by atoms with E-state index < -0.39 is 35.6 Å². The molecule has 0 unspecified atom stereocenters. The first-order chi connectivity index (χ1) is 21.7. The summed E-state index contributed by atoms with van der Waals surface area (Å²) in [6.45, 7) is 0. The van der Waals surface area contributed by atoms with Crippen molar-refractivity contribution >= 4 is 11.0 Å². The monoisotopic (exact) mass is 612 g/mol. The van der Waals surface area contributed by atoms with Gasteiger partial charge in [0.2, 0.25) is 0 Å². The summed E-state index contributed by atoms with van der Waals surface area (Å²) in [6.07, 6.45) is -4.76. The number of ether oxygens (including phenoxy) is 2. The molecule has 45 heavy (non-hydrogen) atoms. The van der Waals surface area contributed by atoms with Crippen LogP contribution >= 0.6 is 0 Å². The number of aryl methyl sites for hydroxylation is 4. The van der Waals surface area contributed by atoms with E-state index in [2.05, 4.69) is 0 Å². The zero-order valence-corrected chi connectivity index (χ0v) is 24.4. The van der Waals surface area contributed by atoms with Crippen molar-refractivity contribution in [3.63, 3.8) is 0 Å². The third-order valence-electron chi connectivity index (χ3n) is 8.04. The quantitative estimate of drug-likeness (QED) is 0.192. The lowest BCUT2D eigenvalue weighted by Gasteiger charge is -2.35. The van der Waals surface area contributed by atoms with E-state index in [9.17, 15) is 30.0 Å². The number of rotatable bonds is 9. The van der Waals surface area contributed by atoms with Gasteiger partial charge in [-0.1, -0.05) is 42.5 Å². The molecular formula is C35H32O10. The summed E-state index contributed by atoms with van der Waals surface area (Å²) < 4.78 is 23.2. The SMILES string of the molecule is COc1ccc(CCc2cc(=O)c3cc(O)c(O[C@@H]4c5oc(CCc6ccccc6)cc(=O)c5[C@H](O)[C@@H](O)[C@H]4O)cc3o2)cc1. The lowest BCUT2D eigenvalue weighted by molar-refractivity contribution is -0.121. The van der Waals surface area contributed by atoms with Gasteiger partial charge in [-0.3, -0.25) is 9.59 Å².